The second-order valence-corrected chi connectivity index (χ2v) is 4.13. The summed E-state index contributed by atoms with van der Waals surface area (Å²) in [5, 5.41) is 0. The summed E-state index contributed by atoms with van der Waals surface area (Å²) in [5.74, 6) is 0. The normalized spacial score (nSPS) is 20.5. The zero-order valence-electron chi connectivity index (χ0n) is 8.22. The standard InChI is InChI=1S/C11H16N2/c1-9-3-5-10(6-4-9)11(2)7-12-13-8-11/h3-6,12-13H,7-8H2,1-2H3. The van der Waals surface area contributed by atoms with Gasteiger partial charge in [0.05, 0.1) is 0 Å². The highest BCUT2D eigenvalue weighted by atomic mass is 15.4. The molecule has 1 heterocycles. The number of hydrogen-bond acceptors (Lipinski definition) is 2. The zero-order chi connectivity index (χ0) is 9.31. The molecule has 0 radical (unpaired) electrons. The first-order chi connectivity index (χ1) is 6.21. The van der Waals surface area contributed by atoms with Gasteiger partial charge in [0.25, 0.3) is 0 Å². The molecule has 0 aliphatic carbocycles. The lowest BCUT2D eigenvalue weighted by Gasteiger charge is -2.22. The van der Waals surface area contributed by atoms with Crippen LogP contribution in [-0.4, -0.2) is 13.1 Å². The molecule has 0 spiro atoms. The molecule has 1 saturated heterocycles. The summed E-state index contributed by atoms with van der Waals surface area (Å²) < 4.78 is 0. The molecule has 1 aromatic carbocycles. The minimum atomic E-state index is 0.258. The first kappa shape index (κ1) is 8.73. The van der Waals surface area contributed by atoms with Crippen LogP contribution in [0.5, 0.6) is 0 Å². The Morgan fingerprint density at radius 1 is 1.08 bits per heavy atom. The van der Waals surface area contributed by atoms with Gasteiger partial charge in [-0.15, -0.1) is 0 Å². The van der Waals surface area contributed by atoms with Gasteiger partial charge in [-0.1, -0.05) is 36.8 Å². The van der Waals surface area contributed by atoms with E-state index in [9.17, 15) is 0 Å². The lowest BCUT2D eigenvalue weighted by Crippen LogP contribution is -2.27. The molecule has 1 fully saturated rings. The van der Waals surface area contributed by atoms with Crippen LogP contribution >= 0.6 is 0 Å². The molecule has 1 aliphatic rings. The van der Waals surface area contributed by atoms with Crippen LogP contribution < -0.4 is 10.9 Å². The van der Waals surface area contributed by atoms with E-state index in [0.29, 0.717) is 0 Å². The summed E-state index contributed by atoms with van der Waals surface area (Å²) >= 11 is 0. The second-order valence-electron chi connectivity index (χ2n) is 4.13. The van der Waals surface area contributed by atoms with Gasteiger partial charge in [0, 0.05) is 18.5 Å². The van der Waals surface area contributed by atoms with Crippen molar-refractivity contribution in [3.8, 4) is 0 Å². The van der Waals surface area contributed by atoms with Gasteiger partial charge < -0.3 is 0 Å². The molecule has 70 valence electrons. The molecular weight excluding hydrogens is 160 g/mol. The molecule has 2 nitrogen and oxygen atoms in total. The van der Waals surface area contributed by atoms with Crippen molar-refractivity contribution in [3.05, 3.63) is 35.4 Å². The predicted molar refractivity (Wildman–Crippen MR) is 54.5 cm³/mol. The maximum absolute atomic E-state index is 3.18. The van der Waals surface area contributed by atoms with Crippen molar-refractivity contribution in [2.24, 2.45) is 0 Å². The van der Waals surface area contributed by atoms with E-state index in [-0.39, 0.29) is 5.41 Å². The second kappa shape index (κ2) is 3.13. The van der Waals surface area contributed by atoms with Crippen molar-refractivity contribution >= 4 is 0 Å². The molecule has 1 aliphatic heterocycles. The third kappa shape index (κ3) is 1.60. The fraction of sp³-hybridized carbons (Fsp3) is 0.455. The van der Waals surface area contributed by atoms with Crippen LogP contribution in [0.15, 0.2) is 24.3 Å². The number of aryl methyl sites for hydroxylation is 1. The van der Waals surface area contributed by atoms with E-state index in [1.165, 1.54) is 11.1 Å². The van der Waals surface area contributed by atoms with Crippen LogP contribution in [0.2, 0.25) is 0 Å². The Balaban J connectivity index is 2.29. The van der Waals surface area contributed by atoms with E-state index in [1.807, 2.05) is 0 Å². The molecule has 0 atom stereocenters. The third-order valence-corrected chi connectivity index (χ3v) is 2.83. The molecule has 0 aromatic heterocycles. The van der Waals surface area contributed by atoms with Crippen LogP contribution in [0.1, 0.15) is 18.1 Å². The molecule has 0 saturated carbocycles. The Morgan fingerprint density at radius 3 is 2.15 bits per heavy atom. The summed E-state index contributed by atoms with van der Waals surface area (Å²) in [4.78, 5) is 0. The van der Waals surface area contributed by atoms with Gasteiger partial charge in [0.2, 0.25) is 0 Å². The number of nitrogens with one attached hydrogen (secondary N) is 2. The number of hydrazine groups is 1. The maximum Gasteiger partial charge on any atom is 0.0207 e. The molecule has 0 unspecified atom stereocenters. The molecule has 13 heavy (non-hydrogen) atoms. The Hall–Kier alpha value is -0.860. The Kier molecular flexibility index (Phi) is 2.10. The lowest BCUT2D eigenvalue weighted by molar-refractivity contribution is 0.553. The number of benzene rings is 1. The average Bonchev–Trinajstić information content (AvgIpc) is 2.54. The van der Waals surface area contributed by atoms with Gasteiger partial charge >= 0.3 is 0 Å². The van der Waals surface area contributed by atoms with Crippen LogP contribution in [0, 0.1) is 6.92 Å². The SMILES string of the molecule is Cc1ccc(C2(C)CNNC2)cc1. The van der Waals surface area contributed by atoms with Crippen molar-refractivity contribution in [2.75, 3.05) is 13.1 Å². The van der Waals surface area contributed by atoms with Crippen LogP contribution in [0.4, 0.5) is 0 Å². The molecule has 0 bridgehead atoms. The number of rotatable bonds is 1. The van der Waals surface area contributed by atoms with Gasteiger partial charge in [0.15, 0.2) is 0 Å². The Bertz CT molecular complexity index is 283. The minimum absolute atomic E-state index is 0.258. The Morgan fingerprint density at radius 2 is 1.62 bits per heavy atom. The summed E-state index contributed by atoms with van der Waals surface area (Å²) in [6.07, 6.45) is 0. The molecular formula is C11H16N2. The molecule has 2 rings (SSSR count). The highest BCUT2D eigenvalue weighted by molar-refractivity contribution is 5.29. The van der Waals surface area contributed by atoms with Crippen LogP contribution in [0.3, 0.4) is 0 Å². The summed E-state index contributed by atoms with van der Waals surface area (Å²) in [6, 6.07) is 8.81. The first-order valence-corrected chi connectivity index (χ1v) is 4.74. The summed E-state index contributed by atoms with van der Waals surface area (Å²) in [5.41, 5.74) is 9.35. The van der Waals surface area contributed by atoms with Crippen LogP contribution in [0.25, 0.3) is 0 Å². The van der Waals surface area contributed by atoms with E-state index in [2.05, 4.69) is 49.0 Å². The summed E-state index contributed by atoms with van der Waals surface area (Å²) in [7, 11) is 0. The maximum atomic E-state index is 3.18. The lowest BCUT2D eigenvalue weighted by atomic mass is 9.83. The zero-order valence-corrected chi connectivity index (χ0v) is 8.22. The highest BCUT2D eigenvalue weighted by Gasteiger charge is 2.29. The van der Waals surface area contributed by atoms with Crippen LogP contribution in [-0.2, 0) is 5.41 Å². The number of hydrogen-bond donors (Lipinski definition) is 2. The molecule has 2 heteroatoms. The van der Waals surface area contributed by atoms with E-state index < -0.39 is 0 Å². The fourth-order valence-corrected chi connectivity index (χ4v) is 1.74. The van der Waals surface area contributed by atoms with Gasteiger partial charge in [-0.05, 0) is 12.5 Å². The molecule has 1 aromatic rings. The third-order valence-electron chi connectivity index (χ3n) is 2.83. The monoisotopic (exact) mass is 176 g/mol. The fourth-order valence-electron chi connectivity index (χ4n) is 1.74. The van der Waals surface area contributed by atoms with Gasteiger partial charge in [-0.3, -0.25) is 10.9 Å². The van der Waals surface area contributed by atoms with Gasteiger partial charge in [-0.25, -0.2) is 0 Å². The topological polar surface area (TPSA) is 24.1 Å². The minimum Gasteiger partial charge on any atom is -0.257 e. The molecule has 0 amide bonds. The average molecular weight is 176 g/mol. The smallest absolute Gasteiger partial charge is 0.0207 e. The van der Waals surface area contributed by atoms with Crippen molar-refractivity contribution in [3.63, 3.8) is 0 Å². The summed E-state index contributed by atoms with van der Waals surface area (Å²) in [6.45, 7) is 6.42. The van der Waals surface area contributed by atoms with Gasteiger partial charge in [0.1, 0.15) is 0 Å². The van der Waals surface area contributed by atoms with E-state index >= 15 is 0 Å². The quantitative estimate of drug-likeness (QED) is 0.675. The first-order valence-electron chi connectivity index (χ1n) is 4.74. The van der Waals surface area contributed by atoms with E-state index in [4.69, 9.17) is 0 Å². The Labute approximate surface area is 79.3 Å². The van der Waals surface area contributed by atoms with Gasteiger partial charge in [-0.2, -0.15) is 0 Å². The molecule has 2 N–H and O–H groups in total. The largest absolute Gasteiger partial charge is 0.257 e. The van der Waals surface area contributed by atoms with Crippen molar-refractivity contribution < 1.29 is 0 Å². The van der Waals surface area contributed by atoms with E-state index in [0.717, 1.165) is 13.1 Å². The highest BCUT2D eigenvalue weighted by Crippen LogP contribution is 2.24. The van der Waals surface area contributed by atoms with Crippen molar-refractivity contribution in [2.45, 2.75) is 19.3 Å². The predicted octanol–water partition coefficient (Wildman–Crippen LogP) is 1.36. The van der Waals surface area contributed by atoms with Crippen molar-refractivity contribution in [1.29, 1.82) is 0 Å². The van der Waals surface area contributed by atoms with E-state index in [1.54, 1.807) is 0 Å². The van der Waals surface area contributed by atoms with Crippen molar-refractivity contribution in [1.82, 2.24) is 10.9 Å².